The van der Waals surface area contributed by atoms with Gasteiger partial charge in [0.15, 0.2) is 0 Å². The van der Waals surface area contributed by atoms with E-state index in [2.05, 4.69) is 45.5 Å². The Morgan fingerprint density at radius 2 is 2.11 bits per heavy atom. The number of fused-ring (bicyclic) bond motifs is 3. The number of rotatable bonds is 4. The predicted octanol–water partition coefficient (Wildman–Crippen LogP) is 2.59. The molecule has 2 aliphatic heterocycles. The molecule has 27 heavy (non-hydrogen) atoms. The summed E-state index contributed by atoms with van der Waals surface area (Å²) in [5.41, 5.74) is 2.79. The van der Waals surface area contributed by atoms with Crippen LogP contribution >= 0.6 is 11.3 Å². The van der Waals surface area contributed by atoms with Crippen LogP contribution in [0.3, 0.4) is 0 Å². The summed E-state index contributed by atoms with van der Waals surface area (Å²) in [5, 5.41) is 4.25. The first-order valence-corrected chi connectivity index (χ1v) is 10.6. The highest BCUT2D eigenvalue weighted by molar-refractivity contribution is 7.18. The Morgan fingerprint density at radius 3 is 3.00 bits per heavy atom. The van der Waals surface area contributed by atoms with E-state index >= 15 is 0 Å². The molecule has 5 nitrogen and oxygen atoms in total. The summed E-state index contributed by atoms with van der Waals surface area (Å²) in [6.45, 7) is 5.61. The fourth-order valence-electron chi connectivity index (χ4n) is 4.39. The van der Waals surface area contributed by atoms with Gasteiger partial charge in [-0.15, -0.1) is 11.3 Å². The molecule has 1 fully saturated rings. The van der Waals surface area contributed by atoms with Crippen molar-refractivity contribution in [2.75, 3.05) is 26.2 Å². The molecule has 0 unspecified atom stereocenters. The number of hydrogen-bond donors (Lipinski definition) is 1. The van der Waals surface area contributed by atoms with Gasteiger partial charge in [-0.1, -0.05) is 30.3 Å². The maximum atomic E-state index is 13.0. The van der Waals surface area contributed by atoms with Gasteiger partial charge in [-0.3, -0.25) is 9.36 Å². The van der Waals surface area contributed by atoms with Crippen molar-refractivity contribution in [3.05, 3.63) is 63.0 Å². The van der Waals surface area contributed by atoms with Crippen LogP contribution in [0.15, 0.2) is 41.5 Å². The minimum absolute atomic E-state index is 0.137. The highest BCUT2D eigenvalue weighted by Gasteiger charge is 2.24. The summed E-state index contributed by atoms with van der Waals surface area (Å²) >= 11 is 1.67. The predicted molar refractivity (Wildman–Crippen MR) is 110 cm³/mol. The van der Waals surface area contributed by atoms with Crippen molar-refractivity contribution in [3.63, 3.8) is 0 Å². The van der Waals surface area contributed by atoms with Gasteiger partial charge in [0.1, 0.15) is 4.83 Å². The highest BCUT2D eigenvalue weighted by Crippen LogP contribution is 2.30. The Balaban J connectivity index is 1.31. The average Bonchev–Trinajstić information content (AvgIpc) is 3.33. The summed E-state index contributed by atoms with van der Waals surface area (Å²) in [5.74, 6) is 0.611. The van der Waals surface area contributed by atoms with Gasteiger partial charge in [0, 0.05) is 31.1 Å². The molecule has 5 rings (SSSR count). The summed E-state index contributed by atoms with van der Waals surface area (Å²) < 4.78 is 1.81. The lowest BCUT2D eigenvalue weighted by molar-refractivity contribution is 0.316. The van der Waals surface area contributed by atoms with E-state index in [0.717, 1.165) is 49.4 Å². The Bertz CT molecular complexity index is 1010. The molecule has 3 aromatic rings. The molecule has 1 aromatic carbocycles. The first kappa shape index (κ1) is 17.1. The van der Waals surface area contributed by atoms with Crippen LogP contribution in [0.2, 0.25) is 0 Å². The van der Waals surface area contributed by atoms with Crippen LogP contribution < -0.4 is 10.9 Å². The molecule has 0 aliphatic carbocycles. The zero-order valence-corrected chi connectivity index (χ0v) is 16.2. The Kier molecular flexibility index (Phi) is 4.55. The first-order valence-electron chi connectivity index (χ1n) is 9.77. The van der Waals surface area contributed by atoms with Crippen molar-refractivity contribution in [1.29, 1.82) is 0 Å². The SMILES string of the molecule is O=c1c2c3c(sc2ncn1CCN1CC[C@H](c2ccccc2)C1)CNCC3. The van der Waals surface area contributed by atoms with E-state index in [9.17, 15) is 4.79 Å². The quantitative estimate of drug-likeness (QED) is 0.756. The number of hydrogen-bond acceptors (Lipinski definition) is 5. The maximum Gasteiger partial charge on any atom is 0.262 e. The second kappa shape index (κ2) is 7.19. The van der Waals surface area contributed by atoms with Gasteiger partial charge >= 0.3 is 0 Å². The lowest BCUT2D eigenvalue weighted by Crippen LogP contribution is -2.30. The summed E-state index contributed by atoms with van der Waals surface area (Å²) in [6.07, 6.45) is 3.87. The zero-order valence-electron chi connectivity index (χ0n) is 15.4. The smallest absolute Gasteiger partial charge is 0.262 e. The van der Waals surface area contributed by atoms with Crippen LogP contribution in [-0.2, 0) is 19.5 Å². The van der Waals surface area contributed by atoms with E-state index in [-0.39, 0.29) is 5.56 Å². The fraction of sp³-hybridized carbons (Fsp3) is 0.429. The summed E-state index contributed by atoms with van der Waals surface area (Å²) in [7, 11) is 0. The summed E-state index contributed by atoms with van der Waals surface area (Å²) in [4.78, 5) is 22.3. The number of nitrogens with one attached hydrogen (secondary N) is 1. The van der Waals surface area contributed by atoms with E-state index in [1.807, 2.05) is 4.57 Å². The largest absolute Gasteiger partial charge is 0.312 e. The van der Waals surface area contributed by atoms with Crippen LogP contribution in [-0.4, -0.2) is 40.6 Å². The number of thiophene rings is 1. The van der Waals surface area contributed by atoms with Crippen molar-refractivity contribution in [1.82, 2.24) is 19.8 Å². The first-order chi connectivity index (χ1) is 13.3. The van der Waals surface area contributed by atoms with Crippen molar-refractivity contribution in [2.45, 2.75) is 31.8 Å². The third kappa shape index (κ3) is 3.22. The van der Waals surface area contributed by atoms with Crippen LogP contribution in [0.4, 0.5) is 0 Å². The average molecular weight is 381 g/mol. The number of benzene rings is 1. The molecule has 6 heteroatoms. The van der Waals surface area contributed by atoms with Gasteiger partial charge in [0.2, 0.25) is 0 Å². The van der Waals surface area contributed by atoms with E-state index in [0.29, 0.717) is 12.5 Å². The van der Waals surface area contributed by atoms with E-state index in [4.69, 9.17) is 0 Å². The Morgan fingerprint density at radius 1 is 1.22 bits per heavy atom. The molecular formula is C21H24N4OS. The second-order valence-corrected chi connectivity index (χ2v) is 8.63. The van der Waals surface area contributed by atoms with Crippen LogP contribution in [0.5, 0.6) is 0 Å². The molecule has 0 radical (unpaired) electrons. The van der Waals surface area contributed by atoms with Crippen molar-refractivity contribution in [3.8, 4) is 0 Å². The lowest BCUT2D eigenvalue weighted by Gasteiger charge is -2.17. The molecule has 140 valence electrons. The normalized spacial score (nSPS) is 20.2. The lowest BCUT2D eigenvalue weighted by atomic mass is 9.99. The Hall–Kier alpha value is -2.02. The third-order valence-corrected chi connectivity index (χ3v) is 7.04. The molecule has 2 aromatic heterocycles. The Labute approximate surface area is 162 Å². The van der Waals surface area contributed by atoms with Crippen LogP contribution in [0.1, 0.15) is 28.3 Å². The summed E-state index contributed by atoms with van der Waals surface area (Å²) in [6, 6.07) is 10.8. The van der Waals surface area contributed by atoms with Crippen molar-refractivity contribution >= 4 is 21.6 Å². The molecule has 1 atom stereocenters. The molecule has 0 saturated carbocycles. The number of aromatic nitrogens is 2. The van der Waals surface area contributed by atoms with E-state index in [1.54, 1.807) is 17.7 Å². The van der Waals surface area contributed by atoms with Crippen LogP contribution in [0, 0.1) is 0 Å². The molecule has 4 heterocycles. The van der Waals surface area contributed by atoms with Gasteiger partial charge in [0.25, 0.3) is 5.56 Å². The number of nitrogens with zero attached hydrogens (tertiary/aromatic N) is 3. The molecular weight excluding hydrogens is 356 g/mol. The molecule has 0 amide bonds. The van der Waals surface area contributed by atoms with E-state index < -0.39 is 0 Å². The maximum absolute atomic E-state index is 13.0. The van der Waals surface area contributed by atoms with Gasteiger partial charge in [0.05, 0.1) is 11.7 Å². The standard InChI is InChI=1S/C21H24N4OS/c26-21-19-17-6-8-22-12-18(17)27-20(19)23-14-25(21)11-10-24-9-7-16(13-24)15-4-2-1-3-5-15/h1-5,14,16,22H,6-13H2/t16-/m0/s1. The number of likely N-dealkylation sites (tertiary alicyclic amines) is 1. The zero-order chi connectivity index (χ0) is 18.2. The van der Waals surface area contributed by atoms with Gasteiger partial charge < -0.3 is 10.2 Å². The third-order valence-electron chi connectivity index (χ3n) is 5.90. The highest BCUT2D eigenvalue weighted by atomic mass is 32.1. The van der Waals surface area contributed by atoms with Gasteiger partial charge in [-0.2, -0.15) is 0 Å². The van der Waals surface area contributed by atoms with Crippen molar-refractivity contribution in [2.24, 2.45) is 0 Å². The molecule has 0 bridgehead atoms. The second-order valence-electron chi connectivity index (χ2n) is 7.55. The molecule has 1 N–H and O–H groups in total. The molecule has 1 saturated heterocycles. The van der Waals surface area contributed by atoms with E-state index in [1.165, 1.54) is 22.4 Å². The molecule has 0 spiro atoms. The monoisotopic (exact) mass is 380 g/mol. The minimum Gasteiger partial charge on any atom is -0.312 e. The van der Waals surface area contributed by atoms with Gasteiger partial charge in [-0.25, -0.2) is 4.98 Å². The van der Waals surface area contributed by atoms with Crippen molar-refractivity contribution < 1.29 is 0 Å². The van der Waals surface area contributed by atoms with Crippen LogP contribution in [0.25, 0.3) is 10.2 Å². The fourth-order valence-corrected chi connectivity index (χ4v) is 5.54. The topological polar surface area (TPSA) is 50.2 Å². The minimum atomic E-state index is 0.137. The van der Waals surface area contributed by atoms with Gasteiger partial charge in [-0.05, 0) is 43.0 Å². The molecule has 2 aliphatic rings.